The molecule has 0 N–H and O–H groups in total. The van der Waals surface area contributed by atoms with Crippen LogP contribution in [0.2, 0.25) is 0 Å². The summed E-state index contributed by atoms with van der Waals surface area (Å²) in [6.07, 6.45) is 0.512. The van der Waals surface area contributed by atoms with Crippen molar-refractivity contribution in [1.29, 1.82) is 0 Å². The van der Waals surface area contributed by atoms with Gasteiger partial charge in [0.05, 0.1) is 6.54 Å². The Kier molecular flexibility index (Phi) is 3.95. The van der Waals surface area contributed by atoms with Gasteiger partial charge < -0.3 is 14.4 Å². The predicted octanol–water partition coefficient (Wildman–Crippen LogP) is 3.45. The molecular formula is C17H19NO3. The number of benzene rings is 2. The van der Waals surface area contributed by atoms with Crippen LogP contribution < -0.4 is 4.74 Å². The summed E-state index contributed by atoms with van der Waals surface area (Å²) in [6.45, 7) is 3.79. The quantitative estimate of drug-likeness (QED) is 0.844. The third kappa shape index (κ3) is 2.94. The van der Waals surface area contributed by atoms with Gasteiger partial charge in [-0.25, -0.2) is 4.79 Å². The second-order valence-electron chi connectivity index (χ2n) is 5.24. The van der Waals surface area contributed by atoms with Gasteiger partial charge in [0.25, 0.3) is 0 Å². The Balaban J connectivity index is 1.66. The summed E-state index contributed by atoms with van der Waals surface area (Å²) in [4.78, 5) is 13.4. The van der Waals surface area contributed by atoms with E-state index >= 15 is 0 Å². The van der Waals surface area contributed by atoms with E-state index < -0.39 is 0 Å². The average molecular weight is 285 g/mol. The van der Waals surface area contributed by atoms with Crippen LogP contribution in [0, 0.1) is 0 Å². The Bertz CT molecular complexity index is 635. The van der Waals surface area contributed by atoms with E-state index in [1.807, 2.05) is 37.3 Å². The average Bonchev–Trinajstić information content (AvgIpc) is 2.86. The largest absolute Gasteiger partial charge is 0.489 e. The molecule has 4 heteroatoms. The van der Waals surface area contributed by atoms with Gasteiger partial charge in [-0.05, 0) is 17.9 Å². The van der Waals surface area contributed by atoms with E-state index in [4.69, 9.17) is 9.47 Å². The Labute approximate surface area is 124 Å². The number of hydrogen-bond donors (Lipinski definition) is 0. The molecule has 3 rings (SSSR count). The summed E-state index contributed by atoms with van der Waals surface area (Å²) in [5, 5.41) is 2.22. The van der Waals surface area contributed by atoms with Crippen molar-refractivity contribution in [1.82, 2.24) is 4.90 Å². The van der Waals surface area contributed by atoms with Crippen LogP contribution in [-0.4, -0.2) is 36.8 Å². The molecule has 0 unspecified atom stereocenters. The highest BCUT2D eigenvalue weighted by Gasteiger charge is 2.30. The number of carbonyl (C=O) groups excluding carboxylic acids is 1. The lowest BCUT2D eigenvalue weighted by Crippen LogP contribution is -2.27. The van der Waals surface area contributed by atoms with Crippen molar-refractivity contribution in [2.45, 2.75) is 19.4 Å². The van der Waals surface area contributed by atoms with E-state index in [1.54, 1.807) is 4.90 Å². The highest BCUT2D eigenvalue weighted by molar-refractivity contribution is 5.88. The number of amides is 1. The van der Waals surface area contributed by atoms with Crippen molar-refractivity contribution in [2.24, 2.45) is 0 Å². The minimum atomic E-state index is -0.233. The monoisotopic (exact) mass is 285 g/mol. The first kappa shape index (κ1) is 13.7. The first-order valence-electron chi connectivity index (χ1n) is 7.34. The van der Waals surface area contributed by atoms with Gasteiger partial charge in [0, 0.05) is 11.9 Å². The van der Waals surface area contributed by atoms with Crippen molar-refractivity contribution in [3.8, 4) is 5.75 Å². The standard InChI is InChI=1S/C17H19NO3/c1-2-10-18-11-14(21-17(18)19)12-20-16-9-5-7-13-6-3-4-8-15(13)16/h3-9,14H,2,10-12H2,1H3/t14-/m0/s1. The molecule has 0 saturated carbocycles. The van der Waals surface area contributed by atoms with E-state index in [0.717, 1.165) is 29.5 Å². The van der Waals surface area contributed by atoms with Crippen molar-refractivity contribution >= 4 is 16.9 Å². The minimum Gasteiger partial charge on any atom is -0.489 e. The van der Waals surface area contributed by atoms with Crippen LogP contribution in [0.5, 0.6) is 5.75 Å². The first-order chi connectivity index (χ1) is 10.3. The van der Waals surface area contributed by atoms with Crippen LogP contribution in [0.3, 0.4) is 0 Å². The molecule has 4 nitrogen and oxygen atoms in total. The number of rotatable bonds is 5. The van der Waals surface area contributed by atoms with Crippen molar-refractivity contribution in [3.63, 3.8) is 0 Å². The second kappa shape index (κ2) is 6.04. The number of carbonyl (C=O) groups is 1. The normalized spacial score (nSPS) is 18.0. The van der Waals surface area contributed by atoms with E-state index in [1.165, 1.54) is 0 Å². The fraction of sp³-hybridized carbons (Fsp3) is 0.353. The van der Waals surface area contributed by atoms with Crippen LogP contribution in [0.4, 0.5) is 4.79 Å². The highest BCUT2D eigenvalue weighted by Crippen LogP contribution is 2.25. The molecule has 110 valence electrons. The first-order valence-corrected chi connectivity index (χ1v) is 7.34. The van der Waals surface area contributed by atoms with Gasteiger partial charge in [-0.2, -0.15) is 0 Å². The predicted molar refractivity (Wildman–Crippen MR) is 81.6 cm³/mol. The molecule has 21 heavy (non-hydrogen) atoms. The fourth-order valence-corrected chi connectivity index (χ4v) is 2.62. The van der Waals surface area contributed by atoms with E-state index in [0.29, 0.717) is 13.2 Å². The molecule has 2 aromatic carbocycles. The molecule has 1 amide bonds. The molecule has 1 heterocycles. The molecule has 0 aromatic heterocycles. The minimum absolute atomic E-state index is 0.192. The van der Waals surface area contributed by atoms with Gasteiger partial charge in [-0.15, -0.1) is 0 Å². The van der Waals surface area contributed by atoms with Crippen LogP contribution in [0.15, 0.2) is 42.5 Å². The molecule has 0 spiro atoms. The number of fused-ring (bicyclic) bond motifs is 1. The lowest BCUT2D eigenvalue weighted by molar-refractivity contribution is 0.103. The summed E-state index contributed by atoms with van der Waals surface area (Å²) < 4.78 is 11.2. The highest BCUT2D eigenvalue weighted by atomic mass is 16.6. The molecule has 1 aliphatic heterocycles. The lowest BCUT2D eigenvalue weighted by atomic mass is 10.1. The van der Waals surface area contributed by atoms with Crippen molar-refractivity contribution in [2.75, 3.05) is 19.7 Å². The zero-order valence-electron chi connectivity index (χ0n) is 12.1. The Morgan fingerprint density at radius 2 is 2.05 bits per heavy atom. The van der Waals surface area contributed by atoms with Gasteiger partial charge in [0.15, 0.2) is 6.10 Å². The number of hydrogen-bond acceptors (Lipinski definition) is 3. The molecule has 1 saturated heterocycles. The zero-order valence-corrected chi connectivity index (χ0v) is 12.1. The number of nitrogens with zero attached hydrogens (tertiary/aromatic N) is 1. The number of cyclic esters (lactones) is 1. The third-order valence-electron chi connectivity index (χ3n) is 3.62. The summed E-state index contributed by atoms with van der Waals surface area (Å²) in [5.41, 5.74) is 0. The maximum absolute atomic E-state index is 11.6. The van der Waals surface area contributed by atoms with Crippen LogP contribution in [0.1, 0.15) is 13.3 Å². The molecule has 0 bridgehead atoms. The van der Waals surface area contributed by atoms with Crippen LogP contribution >= 0.6 is 0 Å². The Morgan fingerprint density at radius 3 is 2.90 bits per heavy atom. The maximum Gasteiger partial charge on any atom is 0.410 e. The molecule has 0 radical (unpaired) electrons. The summed E-state index contributed by atoms with van der Waals surface area (Å²) in [7, 11) is 0. The van der Waals surface area contributed by atoms with Crippen molar-refractivity contribution < 1.29 is 14.3 Å². The summed E-state index contributed by atoms with van der Waals surface area (Å²) in [5.74, 6) is 0.832. The smallest absolute Gasteiger partial charge is 0.410 e. The van der Waals surface area contributed by atoms with E-state index in [2.05, 4.69) is 12.1 Å². The topological polar surface area (TPSA) is 38.8 Å². The van der Waals surface area contributed by atoms with Gasteiger partial charge in [0.1, 0.15) is 12.4 Å². The van der Waals surface area contributed by atoms with Gasteiger partial charge in [-0.1, -0.05) is 43.3 Å². The maximum atomic E-state index is 11.6. The Morgan fingerprint density at radius 1 is 1.24 bits per heavy atom. The molecule has 1 fully saturated rings. The number of ether oxygens (including phenoxy) is 2. The summed E-state index contributed by atoms with van der Waals surface area (Å²) >= 11 is 0. The Hall–Kier alpha value is -2.23. The van der Waals surface area contributed by atoms with Crippen LogP contribution in [0.25, 0.3) is 10.8 Å². The lowest BCUT2D eigenvalue weighted by Gasteiger charge is -2.13. The van der Waals surface area contributed by atoms with E-state index in [-0.39, 0.29) is 12.2 Å². The summed E-state index contributed by atoms with van der Waals surface area (Å²) in [6, 6.07) is 14.1. The fourth-order valence-electron chi connectivity index (χ4n) is 2.62. The van der Waals surface area contributed by atoms with Crippen LogP contribution in [-0.2, 0) is 4.74 Å². The molecule has 0 aliphatic carbocycles. The van der Waals surface area contributed by atoms with Gasteiger partial charge in [0.2, 0.25) is 0 Å². The molecule has 1 aliphatic rings. The molecular weight excluding hydrogens is 266 g/mol. The third-order valence-corrected chi connectivity index (χ3v) is 3.62. The van der Waals surface area contributed by atoms with Crippen molar-refractivity contribution in [3.05, 3.63) is 42.5 Å². The zero-order chi connectivity index (χ0) is 14.7. The SMILES string of the molecule is CCCN1C[C@@H](COc2cccc3ccccc23)OC1=O. The van der Waals surface area contributed by atoms with E-state index in [9.17, 15) is 4.79 Å². The van der Waals surface area contributed by atoms with Gasteiger partial charge >= 0.3 is 6.09 Å². The molecule has 2 aromatic rings. The van der Waals surface area contributed by atoms with Gasteiger partial charge in [-0.3, -0.25) is 0 Å². The second-order valence-corrected chi connectivity index (χ2v) is 5.24. The molecule has 1 atom stereocenters.